The molecule has 16 heavy (non-hydrogen) atoms. The number of amides is 1. The average molecular weight is 239 g/mol. The van der Waals surface area contributed by atoms with Crippen molar-refractivity contribution in [1.82, 2.24) is 5.32 Å². The van der Waals surface area contributed by atoms with Gasteiger partial charge in [-0.05, 0) is 25.2 Å². The van der Waals surface area contributed by atoms with Crippen molar-refractivity contribution in [2.24, 2.45) is 11.8 Å². The van der Waals surface area contributed by atoms with E-state index in [1.165, 1.54) is 0 Å². The molecule has 0 heterocycles. The van der Waals surface area contributed by atoms with Gasteiger partial charge in [0.1, 0.15) is 0 Å². The predicted octanol–water partition coefficient (Wildman–Crippen LogP) is 1.17. The van der Waals surface area contributed by atoms with Crippen molar-refractivity contribution < 1.29 is 27.9 Å². The molecule has 1 saturated carbocycles. The van der Waals surface area contributed by atoms with Gasteiger partial charge in [-0.3, -0.25) is 9.59 Å². The maximum Gasteiger partial charge on any atom is 0.471 e. The molecule has 0 aromatic rings. The molecule has 2 N–H and O–H groups in total. The molecule has 1 rings (SSSR count). The lowest BCUT2D eigenvalue weighted by molar-refractivity contribution is -0.173. The van der Waals surface area contributed by atoms with Gasteiger partial charge in [-0.25, -0.2) is 0 Å². The number of halogens is 3. The van der Waals surface area contributed by atoms with Crippen molar-refractivity contribution in [3.8, 4) is 0 Å². The van der Waals surface area contributed by atoms with E-state index in [-0.39, 0.29) is 12.5 Å². The molecule has 1 amide bonds. The zero-order valence-corrected chi connectivity index (χ0v) is 8.38. The van der Waals surface area contributed by atoms with Crippen molar-refractivity contribution in [3.05, 3.63) is 0 Å². The van der Waals surface area contributed by atoms with Gasteiger partial charge in [-0.15, -0.1) is 0 Å². The molecule has 0 bridgehead atoms. The fraction of sp³-hybridized carbons (Fsp3) is 0.778. The third kappa shape index (κ3) is 3.39. The number of aliphatic carboxylic acids is 1. The zero-order valence-electron chi connectivity index (χ0n) is 8.38. The van der Waals surface area contributed by atoms with Gasteiger partial charge in [0.2, 0.25) is 0 Å². The van der Waals surface area contributed by atoms with E-state index in [1.807, 2.05) is 0 Å². The molecule has 1 fully saturated rings. The maximum atomic E-state index is 11.8. The second kappa shape index (κ2) is 4.71. The third-order valence-corrected chi connectivity index (χ3v) is 2.70. The first-order chi connectivity index (χ1) is 7.30. The highest BCUT2D eigenvalue weighted by Gasteiger charge is 2.39. The van der Waals surface area contributed by atoms with E-state index in [0.717, 1.165) is 0 Å². The van der Waals surface area contributed by atoms with Crippen LogP contribution in [-0.4, -0.2) is 29.7 Å². The second-order valence-electron chi connectivity index (χ2n) is 3.92. The Morgan fingerprint density at radius 2 is 1.94 bits per heavy atom. The van der Waals surface area contributed by atoms with E-state index < -0.39 is 24.0 Å². The fourth-order valence-electron chi connectivity index (χ4n) is 1.82. The Bertz CT molecular complexity index is 290. The SMILES string of the molecule is O=C(O)[C@@H]1CC[C@H](CNC(=O)C(F)(F)F)C1. The number of carbonyl (C=O) groups is 2. The highest BCUT2D eigenvalue weighted by molar-refractivity contribution is 5.81. The Morgan fingerprint density at radius 1 is 1.31 bits per heavy atom. The minimum atomic E-state index is -4.87. The quantitative estimate of drug-likeness (QED) is 0.776. The van der Waals surface area contributed by atoms with Crippen LogP contribution >= 0.6 is 0 Å². The number of rotatable bonds is 3. The number of carboxylic acids is 1. The van der Waals surface area contributed by atoms with Gasteiger partial charge in [0.25, 0.3) is 0 Å². The molecule has 92 valence electrons. The highest BCUT2D eigenvalue weighted by Crippen LogP contribution is 2.30. The normalized spacial score (nSPS) is 25.4. The number of hydrogen-bond acceptors (Lipinski definition) is 2. The van der Waals surface area contributed by atoms with Crippen LogP contribution in [0.15, 0.2) is 0 Å². The first kappa shape index (κ1) is 12.8. The first-order valence-electron chi connectivity index (χ1n) is 4.88. The van der Waals surface area contributed by atoms with Gasteiger partial charge in [0.15, 0.2) is 0 Å². The van der Waals surface area contributed by atoms with E-state index in [0.29, 0.717) is 19.3 Å². The van der Waals surface area contributed by atoms with Crippen LogP contribution in [0.3, 0.4) is 0 Å². The molecule has 0 radical (unpaired) electrons. The van der Waals surface area contributed by atoms with Crippen molar-refractivity contribution in [3.63, 3.8) is 0 Å². The minimum absolute atomic E-state index is 0.109. The largest absolute Gasteiger partial charge is 0.481 e. The summed E-state index contributed by atoms with van der Waals surface area (Å²) in [6.45, 7) is -0.109. The summed E-state index contributed by atoms with van der Waals surface area (Å²) in [6, 6.07) is 0. The van der Waals surface area contributed by atoms with E-state index >= 15 is 0 Å². The van der Waals surface area contributed by atoms with Gasteiger partial charge in [-0.2, -0.15) is 13.2 Å². The van der Waals surface area contributed by atoms with E-state index in [2.05, 4.69) is 0 Å². The lowest BCUT2D eigenvalue weighted by Crippen LogP contribution is -2.39. The molecule has 0 aliphatic heterocycles. The Hall–Kier alpha value is -1.27. The Morgan fingerprint density at radius 3 is 2.38 bits per heavy atom. The summed E-state index contributed by atoms with van der Waals surface area (Å²) in [6.07, 6.45) is -3.55. The van der Waals surface area contributed by atoms with Crippen LogP contribution < -0.4 is 5.32 Å². The van der Waals surface area contributed by atoms with Gasteiger partial charge in [0, 0.05) is 6.54 Å². The van der Waals surface area contributed by atoms with Crippen LogP contribution in [0.2, 0.25) is 0 Å². The zero-order chi connectivity index (χ0) is 12.3. The molecular formula is C9H12F3NO3. The van der Waals surface area contributed by atoms with E-state index in [1.54, 1.807) is 5.32 Å². The van der Waals surface area contributed by atoms with Crippen molar-refractivity contribution >= 4 is 11.9 Å². The van der Waals surface area contributed by atoms with E-state index in [9.17, 15) is 22.8 Å². The van der Waals surface area contributed by atoms with Gasteiger partial charge in [-0.1, -0.05) is 0 Å². The standard InChI is InChI=1S/C9H12F3NO3/c10-9(11,12)8(16)13-4-5-1-2-6(3-5)7(14)15/h5-6H,1-4H2,(H,13,16)(H,14,15)/t5-,6+/m0/s1. The van der Waals surface area contributed by atoms with Crippen molar-refractivity contribution in [2.75, 3.05) is 6.54 Å². The summed E-state index contributed by atoms with van der Waals surface area (Å²) in [7, 11) is 0. The molecule has 0 saturated heterocycles. The first-order valence-corrected chi connectivity index (χ1v) is 4.88. The van der Waals surface area contributed by atoms with Crippen molar-refractivity contribution in [2.45, 2.75) is 25.4 Å². The second-order valence-corrected chi connectivity index (χ2v) is 3.92. The Labute approximate surface area is 89.8 Å². The summed E-state index contributed by atoms with van der Waals surface area (Å²) in [5.74, 6) is -3.56. The lowest BCUT2D eigenvalue weighted by Gasteiger charge is -2.12. The molecule has 7 heteroatoms. The van der Waals surface area contributed by atoms with Gasteiger partial charge < -0.3 is 10.4 Å². The smallest absolute Gasteiger partial charge is 0.471 e. The highest BCUT2D eigenvalue weighted by atomic mass is 19.4. The summed E-state index contributed by atoms with van der Waals surface area (Å²) >= 11 is 0. The minimum Gasteiger partial charge on any atom is -0.481 e. The molecule has 0 spiro atoms. The molecule has 4 nitrogen and oxygen atoms in total. The lowest BCUT2D eigenvalue weighted by atomic mass is 10.1. The van der Waals surface area contributed by atoms with E-state index in [4.69, 9.17) is 5.11 Å². The molecule has 1 aliphatic rings. The molecule has 2 atom stereocenters. The molecular weight excluding hydrogens is 227 g/mol. The van der Waals surface area contributed by atoms with Crippen molar-refractivity contribution in [1.29, 1.82) is 0 Å². The van der Waals surface area contributed by atoms with Crippen LogP contribution in [-0.2, 0) is 9.59 Å². The molecule has 0 aromatic carbocycles. The van der Waals surface area contributed by atoms with Crippen LogP contribution in [0.25, 0.3) is 0 Å². The van der Waals surface area contributed by atoms with Crippen LogP contribution in [0.1, 0.15) is 19.3 Å². The summed E-state index contributed by atoms with van der Waals surface area (Å²) < 4.78 is 35.5. The monoisotopic (exact) mass is 239 g/mol. The number of alkyl halides is 3. The predicted molar refractivity (Wildman–Crippen MR) is 47.5 cm³/mol. The van der Waals surface area contributed by atoms with Gasteiger partial charge in [0.05, 0.1) is 5.92 Å². The number of nitrogens with one attached hydrogen (secondary N) is 1. The average Bonchev–Trinajstić information content (AvgIpc) is 2.60. The maximum absolute atomic E-state index is 11.8. The summed E-state index contributed by atoms with van der Waals surface area (Å²) in [5.41, 5.74) is 0. The molecule has 0 unspecified atom stereocenters. The van der Waals surface area contributed by atoms with Gasteiger partial charge >= 0.3 is 18.1 Å². The Balaban J connectivity index is 2.31. The number of carbonyl (C=O) groups excluding carboxylic acids is 1. The van der Waals surface area contributed by atoms with Crippen LogP contribution in [0, 0.1) is 11.8 Å². The molecule has 0 aromatic heterocycles. The summed E-state index contributed by atoms with van der Waals surface area (Å²) in [5, 5.41) is 10.4. The molecule has 1 aliphatic carbocycles. The van der Waals surface area contributed by atoms with Crippen LogP contribution in [0.4, 0.5) is 13.2 Å². The van der Waals surface area contributed by atoms with Crippen LogP contribution in [0.5, 0.6) is 0 Å². The fourth-order valence-corrected chi connectivity index (χ4v) is 1.82. The number of carboxylic acid groups (broad SMARTS) is 1. The topological polar surface area (TPSA) is 66.4 Å². The summed E-state index contributed by atoms with van der Waals surface area (Å²) in [4.78, 5) is 21.1. The number of hydrogen-bond donors (Lipinski definition) is 2. The third-order valence-electron chi connectivity index (χ3n) is 2.70. The Kier molecular flexibility index (Phi) is 3.77.